The van der Waals surface area contributed by atoms with Gasteiger partial charge in [0.25, 0.3) is 0 Å². The number of nitrogens with one attached hydrogen (secondary N) is 1. The third-order valence-corrected chi connectivity index (χ3v) is 2.01. The molecule has 2 atom stereocenters. The Morgan fingerprint density at radius 3 is 2.54 bits per heavy atom. The summed E-state index contributed by atoms with van der Waals surface area (Å²) in [5, 5.41) is 12.1. The molecule has 0 aliphatic carbocycles. The SMILES string of the molecule is C[C@H](CO)N[C@@H](C)c1ccncc1. The molecular weight excluding hydrogens is 164 g/mol. The van der Waals surface area contributed by atoms with Gasteiger partial charge in [0, 0.05) is 24.5 Å². The van der Waals surface area contributed by atoms with Crippen LogP contribution in [-0.2, 0) is 0 Å². The first-order valence-corrected chi connectivity index (χ1v) is 4.51. The number of rotatable bonds is 4. The van der Waals surface area contributed by atoms with Crippen molar-refractivity contribution in [3.8, 4) is 0 Å². The maximum absolute atomic E-state index is 8.86. The van der Waals surface area contributed by atoms with E-state index in [-0.39, 0.29) is 18.7 Å². The molecule has 13 heavy (non-hydrogen) atoms. The zero-order chi connectivity index (χ0) is 9.68. The normalized spacial score (nSPS) is 15.3. The molecule has 0 fully saturated rings. The molecule has 1 heterocycles. The van der Waals surface area contributed by atoms with E-state index in [0.717, 1.165) is 0 Å². The van der Waals surface area contributed by atoms with Gasteiger partial charge in [0.1, 0.15) is 0 Å². The summed E-state index contributed by atoms with van der Waals surface area (Å²) in [5.74, 6) is 0. The molecule has 0 saturated carbocycles. The van der Waals surface area contributed by atoms with Crippen molar-refractivity contribution in [2.75, 3.05) is 6.61 Å². The second-order valence-corrected chi connectivity index (χ2v) is 3.25. The molecule has 0 unspecified atom stereocenters. The van der Waals surface area contributed by atoms with Crippen molar-refractivity contribution in [3.63, 3.8) is 0 Å². The van der Waals surface area contributed by atoms with Crippen molar-refractivity contribution in [2.24, 2.45) is 0 Å². The Morgan fingerprint density at radius 2 is 2.00 bits per heavy atom. The van der Waals surface area contributed by atoms with Gasteiger partial charge >= 0.3 is 0 Å². The van der Waals surface area contributed by atoms with Crippen LogP contribution in [0, 0.1) is 0 Å². The van der Waals surface area contributed by atoms with E-state index in [4.69, 9.17) is 5.11 Å². The maximum atomic E-state index is 8.86. The lowest BCUT2D eigenvalue weighted by molar-refractivity contribution is 0.243. The summed E-state index contributed by atoms with van der Waals surface area (Å²) < 4.78 is 0. The molecule has 0 bridgehead atoms. The van der Waals surface area contributed by atoms with E-state index in [1.165, 1.54) is 5.56 Å². The molecule has 2 N–H and O–H groups in total. The fourth-order valence-corrected chi connectivity index (χ4v) is 1.23. The van der Waals surface area contributed by atoms with E-state index in [9.17, 15) is 0 Å². The van der Waals surface area contributed by atoms with E-state index in [0.29, 0.717) is 0 Å². The lowest BCUT2D eigenvalue weighted by Crippen LogP contribution is -2.31. The van der Waals surface area contributed by atoms with Crippen molar-refractivity contribution in [1.82, 2.24) is 10.3 Å². The lowest BCUT2D eigenvalue weighted by Gasteiger charge is -2.18. The minimum atomic E-state index is 0.128. The minimum Gasteiger partial charge on any atom is -0.395 e. The number of nitrogens with zero attached hydrogens (tertiary/aromatic N) is 1. The van der Waals surface area contributed by atoms with Gasteiger partial charge in [-0.25, -0.2) is 0 Å². The first-order valence-electron chi connectivity index (χ1n) is 4.51. The molecular formula is C10H16N2O. The number of aliphatic hydroxyl groups is 1. The highest BCUT2D eigenvalue weighted by Gasteiger charge is 2.07. The van der Waals surface area contributed by atoms with Crippen LogP contribution < -0.4 is 5.32 Å². The number of hydrogen-bond acceptors (Lipinski definition) is 3. The highest BCUT2D eigenvalue weighted by molar-refractivity contribution is 5.13. The second-order valence-electron chi connectivity index (χ2n) is 3.25. The molecule has 3 heteroatoms. The van der Waals surface area contributed by atoms with Crippen LogP contribution in [0.1, 0.15) is 25.5 Å². The van der Waals surface area contributed by atoms with Crippen LogP contribution in [-0.4, -0.2) is 22.7 Å². The standard InChI is InChI=1S/C10H16N2O/c1-8(7-13)12-9(2)10-3-5-11-6-4-10/h3-6,8-9,12-13H,7H2,1-2H3/t8-,9+/m1/s1. The lowest BCUT2D eigenvalue weighted by atomic mass is 10.1. The van der Waals surface area contributed by atoms with Gasteiger partial charge < -0.3 is 10.4 Å². The monoisotopic (exact) mass is 180 g/mol. The van der Waals surface area contributed by atoms with E-state index in [1.807, 2.05) is 19.1 Å². The van der Waals surface area contributed by atoms with Crippen LogP contribution in [0.4, 0.5) is 0 Å². The molecule has 0 spiro atoms. The van der Waals surface area contributed by atoms with E-state index in [1.54, 1.807) is 12.4 Å². The molecule has 3 nitrogen and oxygen atoms in total. The zero-order valence-electron chi connectivity index (χ0n) is 8.07. The molecule has 0 aliphatic rings. The van der Waals surface area contributed by atoms with Gasteiger partial charge in [-0.1, -0.05) is 0 Å². The molecule has 0 aliphatic heterocycles. The Labute approximate surface area is 78.8 Å². The van der Waals surface area contributed by atoms with Crippen LogP contribution in [0.25, 0.3) is 0 Å². The van der Waals surface area contributed by atoms with Gasteiger partial charge in [-0.15, -0.1) is 0 Å². The van der Waals surface area contributed by atoms with Crippen LogP contribution in [0.3, 0.4) is 0 Å². The van der Waals surface area contributed by atoms with Gasteiger partial charge in [0.15, 0.2) is 0 Å². The van der Waals surface area contributed by atoms with Gasteiger partial charge in [0.05, 0.1) is 6.61 Å². The smallest absolute Gasteiger partial charge is 0.0582 e. The Morgan fingerprint density at radius 1 is 1.38 bits per heavy atom. The number of aromatic nitrogens is 1. The highest BCUT2D eigenvalue weighted by atomic mass is 16.3. The van der Waals surface area contributed by atoms with Crippen LogP contribution in [0.5, 0.6) is 0 Å². The summed E-state index contributed by atoms with van der Waals surface area (Å²) in [5.41, 5.74) is 1.19. The third-order valence-electron chi connectivity index (χ3n) is 2.01. The molecule has 1 aromatic heterocycles. The summed E-state index contributed by atoms with van der Waals surface area (Å²) in [6.45, 7) is 4.19. The number of hydrogen-bond donors (Lipinski definition) is 2. The van der Waals surface area contributed by atoms with Gasteiger partial charge in [-0.05, 0) is 31.5 Å². The van der Waals surface area contributed by atoms with Crippen molar-refractivity contribution < 1.29 is 5.11 Å². The summed E-state index contributed by atoms with van der Waals surface area (Å²) in [7, 11) is 0. The first-order chi connectivity index (χ1) is 6.24. The molecule has 72 valence electrons. The van der Waals surface area contributed by atoms with Crippen LogP contribution in [0.2, 0.25) is 0 Å². The van der Waals surface area contributed by atoms with E-state index >= 15 is 0 Å². The van der Waals surface area contributed by atoms with Crippen molar-refractivity contribution >= 4 is 0 Å². The predicted molar refractivity (Wildman–Crippen MR) is 52.3 cm³/mol. The maximum Gasteiger partial charge on any atom is 0.0582 e. The molecule has 1 aromatic rings. The predicted octanol–water partition coefficient (Wildman–Crippen LogP) is 1.11. The molecule has 1 rings (SSSR count). The average molecular weight is 180 g/mol. The fraction of sp³-hybridized carbons (Fsp3) is 0.500. The topological polar surface area (TPSA) is 45.1 Å². The Balaban J connectivity index is 2.53. The number of pyridine rings is 1. The van der Waals surface area contributed by atoms with Crippen LogP contribution in [0.15, 0.2) is 24.5 Å². The molecule has 0 radical (unpaired) electrons. The van der Waals surface area contributed by atoms with Gasteiger partial charge in [-0.2, -0.15) is 0 Å². The Kier molecular flexibility index (Phi) is 3.86. The summed E-state index contributed by atoms with van der Waals surface area (Å²) in [6, 6.07) is 4.33. The minimum absolute atomic E-state index is 0.128. The second kappa shape index (κ2) is 4.94. The molecule has 0 amide bonds. The Hall–Kier alpha value is -0.930. The summed E-state index contributed by atoms with van der Waals surface area (Å²) >= 11 is 0. The van der Waals surface area contributed by atoms with E-state index < -0.39 is 0 Å². The van der Waals surface area contributed by atoms with Crippen molar-refractivity contribution in [1.29, 1.82) is 0 Å². The Bertz CT molecular complexity index is 238. The summed E-state index contributed by atoms with van der Waals surface area (Å²) in [4.78, 5) is 3.95. The largest absolute Gasteiger partial charge is 0.395 e. The zero-order valence-corrected chi connectivity index (χ0v) is 8.07. The summed E-state index contributed by atoms with van der Waals surface area (Å²) in [6.07, 6.45) is 3.55. The quantitative estimate of drug-likeness (QED) is 0.729. The molecule has 0 saturated heterocycles. The van der Waals surface area contributed by atoms with Gasteiger partial charge in [0.2, 0.25) is 0 Å². The van der Waals surface area contributed by atoms with Gasteiger partial charge in [-0.3, -0.25) is 4.98 Å². The first kappa shape index (κ1) is 10.2. The molecule has 0 aromatic carbocycles. The van der Waals surface area contributed by atoms with Crippen molar-refractivity contribution in [3.05, 3.63) is 30.1 Å². The van der Waals surface area contributed by atoms with E-state index in [2.05, 4.69) is 17.2 Å². The van der Waals surface area contributed by atoms with Crippen LogP contribution >= 0.6 is 0 Å². The average Bonchev–Trinajstić information content (AvgIpc) is 2.19. The third kappa shape index (κ3) is 3.13. The highest BCUT2D eigenvalue weighted by Crippen LogP contribution is 2.10. The fourth-order valence-electron chi connectivity index (χ4n) is 1.23. The number of aliphatic hydroxyl groups excluding tert-OH is 1. The van der Waals surface area contributed by atoms with Crippen molar-refractivity contribution in [2.45, 2.75) is 25.9 Å².